The van der Waals surface area contributed by atoms with Gasteiger partial charge in [-0.25, -0.2) is 13.6 Å². The van der Waals surface area contributed by atoms with Crippen molar-refractivity contribution in [2.75, 3.05) is 44.6 Å². The molecule has 0 radical (unpaired) electrons. The Labute approximate surface area is 211 Å². The van der Waals surface area contributed by atoms with E-state index in [0.717, 1.165) is 35.9 Å². The van der Waals surface area contributed by atoms with Gasteiger partial charge in [-0.1, -0.05) is 42.5 Å². The molecule has 10 heteroatoms. The Hall–Kier alpha value is -3.50. The number of hydrogen-bond donors (Lipinski definition) is 1. The van der Waals surface area contributed by atoms with Gasteiger partial charge in [0, 0.05) is 38.8 Å². The monoisotopic (exact) mass is 519 g/mol. The van der Waals surface area contributed by atoms with Crippen molar-refractivity contribution in [3.8, 4) is 0 Å². The fourth-order valence-corrected chi connectivity index (χ4v) is 4.15. The number of anilines is 1. The van der Waals surface area contributed by atoms with E-state index in [1.165, 1.54) is 11.0 Å². The number of alkyl halides is 3. The number of amides is 2. The first-order chi connectivity index (χ1) is 17.7. The second kappa shape index (κ2) is 11.7. The van der Waals surface area contributed by atoms with Crippen molar-refractivity contribution in [3.63, 3.8) is 0 Å². The van der Waals surface area contributed by atoms with E-state index in [-0.39, 0.29) is 12.3 Å². The predicted octanol–water partition coefficient (Wildman–Crippen LogP) is 5.94. The van der Waals surface area contributed by atoms with Crippen molar-refractivity contribution in [1.82, 2.24) is 9.80 Å². The zero-order chi connectivity index (χ0) is 26.4. The summed E-state index contributed by atoms with van der Waals surface area (Å²) in [7, 11) is 0. The van der Waals surface area contributed by atoms with Gasteiger partial charge in [0.05, 0.1) is 17.9 Å². The lowest BCUT2D eigenvalue weighted by Crippen LogP contribution is -2.50. The van der Waals surface area contributed by atoms with Crippen LogP contribution in [-0.4, -0.2) is 55.2 Å². The highest BCUT2D eigenvalue weighted by molar-refractivity contribution is 5.89. The molecule has 1 fully saturated rings. The Bertz CT molecular complexity index is 1200. The van der Waals surface area contributed by atoms with Crippen LogP contribution < -0.4 is 5.32 Å². The first-order valence-corrected chi connectivity index (χ1v) is 11.8. The maximum Gasteiger partial charge on any atom is 0.416 e. The largest absolute Gasteiger partial charge is 0.416 e. The minimum atomic E-state index is -4.45. The van der Waals surface area contributed by atoms with Crippen LogP contribution in [-0.2, 0) is 10.9 Å². The third-order valence-electron chi connectivity index (χ3n) is 6.14. The minimum Gasteiger partial charge on any atom is -0.367 e. The Morgan fingerprint density at radius 3 is 2.30 bits per heavy atom. The fourth-order valence-electron chi connectivity index (χ4n) is 4.15. The van der Waals surface area contributed by atoms with E-state index < -0.39 is 35.5 Å². The maximum atomic E-state index is 13.8. The quantitative estimate of drug-likeness (QED) is 0.393. The number of carbonyl (C=O) groups is 1. The van der Waals surface area contributed by atoms with E-state index >= 15 is 0 Å². The van der Waals surface area contributed by atoms with E-state index in [1.54, 1.807) is 18.2 Å². The van der Waals surface area contributed by atoms with Crippen LogP contribution in [0.5, 0.6) is 0 Å². The smallest absolute Gasteiger partial charge is 0.367 e. The summed E-state index contributed by atoms with van der Waals surface area (Å²) >= 11 is 0. The van der Waals surface area contributed by atoms with Crippen molar-refractivity contribution in [2.45, 2.75) is 12.3 Å². The van der Waals surface area contributed by atoms with Gasteiger partial charge in [0.15, 0.2) is 0 Å². The Morgan fingerprint density at radius 1 is 0.892 bits per heavy atom. The van der Waals surface area contributed by atoms with Crippen LogP contribution in [0.1, 0.15) is 22.8 Å². The zero-order valence-corrected chi connectivity index (χ0v) is 19.8. The number of hydrogen-bond acceptors (Lipinski definition) is 3. The van der Waals surface area contributed by atoms with Crippen LogP contribution in [0.4, 0.5) is 32.4 Å². The van der Waals surface area contributed by atoms with E-state index in [0.29, 0.717) is 38.3 Å². The molecule has 0 spiro atoms. The van der Waals surface area contributed by atoms with Crippen LogP contribution in [0.15, 0.2) is 72.8 Å². The first-order valence-electron chi connectivity index (χ1n) is 11.8. The Balaban J connectivity index is 1.32. The normalized spacial score (nSPS) is 15.4. The molecule has 37 heavy (non-hydrogen) atoms. The zero-order valence-electron chi connectivity index (χ0n) is 19.8. The molecule has 1 aliphatic rings. The van der Waals surface area contributed by atoms with E-state index in [9.17, 15) is 26.7 Å². The highest BCUT2D eigenvalue weighted by atomic mass is 19.4. The SMILES string of the molecule is O=C(Nc1cc(F)ccc1F)N1CCN(CCO[C@H](c2ccccc2)c2cccc(C(F)(F)F)c2)CC1. The lowest BCUT2D eigenvalue weighted by molar-refractivity contribution is -0.137. The van der Waals surface area contributed by atoms with Crippen molar-refractivity contribution >= 4 is 11.7 Å². The predicted molar refractivity (Wildman–Crippen MR) is 129 cm³/mol. The summed E-state index contributed by atoms with van der Waals surface area (Å²) in [5.41, 5.74) is 0.199. The molecule has 196 valence electrons. The highest BCUT2D eigenvalue weighted by Crippen LogP contribution is 2.33. The van der Waals surface area contributed by atoms with Gasteiger partial charge in [-0.2, -0.15) is 13.2 Å². The van der Waals surface area contributed by atoms with Crippen LogP contribution in [0.3, 0.4) is 0 Å². The van der Waals surface area contributed by atoms with Gasteiger partial charge < -0.3 is 15.0 Å². The van der Waals surface area contributed by atoms with Crippen molar-refractivity contribution in [1.29, 1.82) is 0 Å². The summed E-state index contributed by atoms with van der Waals surface area (Å²) < 4.78 is 73.0. The number of carbonyl (C=O) groups excluding carboxylic acids is 1. The number of urea groups is 1. The summed E-state index contributed by atoms with van der Waals surface area (Å²) in [5, 5.41) is 2.39. The second-order valence-corrected chi connectivity index (χ2v) is 8.67. The standard InChI is InChI=1S/C27H26F5N3O2/c28-22-9-10-23(29)24(18-22)33-26(36)35-13-11-34(12-14-35)15-16-37-25(19-5-2-1-3-6-19)20-7-4-8-21(17-20)27(30,31)32/h1-10,17-18,25H,11-16H2,(H,33,36)/t25-/m1/s1. The lowest BCUT2D eigenvalue weighted by atomic mass is 9.99. The third-order valence-corrected chi connectivity index (χ3v) is 6.14. The number of halogens is 5. The lowest BCUT2D eigenvalue weighted by Gasteiger charge is -2.35. The molecule has 1 atom stereocenters. The van der Waals surface area contributed by atoms with E-state index in [2.05, 4.69) is 10.2 Å². The molecule has 0 saturated carbocycles. The minimum absolute atomic E-state index is 0.220. The number of ether oxygens (including phenoxy) is 1. The van der Waals surface area contributed by atoms with E-state index in [1.807, 2.05) is 18.2 Å². The summed E-state index contributed by atoms with van der Waals surface area (Å²) in [6, 6.07) is 16.5. The van der Waals surface area contributed by atoms with Crippen LogP contribution in [0, 0.1) is 11.6 Å². The Kier molecular flexibility index (Phi) is 8.40. The Morgan fingerprint density at radius 2 is 1.59 bits per heavy atom. The number of nitrogens with zero attached hydrogens (tertiary/aromatic N) is 2. The highest BCUT2D eigenvalue weighted by Gasteiger charge is 2.31. The molecule has 0 aromatic heterocycles. The first kappa shape index (κ1) is 26.6. The molecule has 0 unspecified atom stereocenters. The second-order valence-electron chi connectivity index (χ2n) is 8.67. The molecule has 1 heterocycles. The average molecular weight is 520 g/mol. The molecule has 1 aliphatic heterocycles. The third kappa shape index (κ3) is 7.05. The summed E-state index contributed by atoms with van der Waals surface area (Å²) in [4.78, 5) is 16.0. The molecule has 5 nitrogen and oxygen atoms in total. The molecule has 2 amide bonds. The molecule has 3 aromatic carbocycles. The van der Waals surface area contributed by atoms with Crippen molar-refractivity contribution in [3.05, 3.63) is 101 Å². The fraction of sp³-hybridized carbons (Fsp3) is 0.296. The summed E-state index contributed by atoms with van der Waals surface area (Å²) in [6.45, 7) is 2.58. The number of nitrogens with one attached hydrogen (secondary N) is 1. The van der Waals surface area contributed by atoms with Gasteiger partial charge in [-0.15, -0.1) is 0 Å². The van der Waals surface area contributed by atoms with Gasteiger partial charge in [-0.05, 0) is 35.4 Å². The van der Waals surface area contributed by atoms with Crippen LogP contribution >= 0.6 is 0 Å². The molecule has 1 saturated heterocycles. The van der Waals surface area contributed by atoms with Gasteiger partial charge in [-0.3, -0.25) is 4.90 Å². The number of benzene rings is 3. The molecule has 1 N–H and O–H groups in total. The van der Waals surface area contributed by atoms with Gasteiger partial charge >= 0.3 is 12.2 Å². The van der Waals surface area contributed by atoms with Crippen molar-refractivity contribution < 1.29 is 31.5 Å². The topological polar surface area (TPSA) is 44.8 Å². The number of rotatable bonds is 7. The van der Waals surface area contributed by atoms with Gasteiger partial charge in [0.25, 0.3) is 0 Å². The van der Waals surface area contributed by atoms with Crippen LogP contribution in [0.2, 0.25) is 0 Å². The van der Waals surface area contributed by atoms with Gasteiger partial charge in [0.2, 0.25) is 0 Å². The molecule has 0 aliphatic carbocycles. The van der Waals surface area contributed by atoms with Gasteiger partial charge in [0.1, 0.15) is 17.7 Å². The number of piperazine rings is 1. The molecule has 4 rings (SSSR count). The molecular weight excluding hydrogens is 493 g/mol. The summed E-state index contributed by atoms with van der Waals surface area (Å²) in [5.74, 6) is -1.38. The average Bonchev–Trinajstić information content (AvgIpc) is 2.89. The van der Waals surface area contributed by atoms with Crippen LogP contribution in [0.25, 0.3) is 0 Å². The molecule has 3 aromatic rings. The van der Waals surface area contributed by atoms with Crippen molar-refractivity contribution in [2.24, 2.45) is 0 Å². The molecular formula is C27H26F5N3O2. The van der Waals surface area contributed by atoms with E-state index in [4.69, 9.17) is 4.74 Å². The summed E-state index contributed by atoms with van der Waals surface area (Å²) in [6.07, 6.45) is -5.12. The molecule has 0 bridgehead atoms. The maximum absolute atomic E-state index is 13.8.